The number of carbonyl (C=O) groups is 1. The SMILES string of the molecule is O=C(NC[C@@H](O)c1ccsc1)Nc1cccs1. The molecule has 2 aromatic rings. The quantitative estimate of drug-likeness (QED) is 0.798. The largest absolute Gasteiger partial charge is 0.387 e. The minimum absolute atomic E-state index is 0.202. The van der Waals surface area contributed by atoms with Crippen LogP contribution in [-0.4, -0.2) is 17.7 Å². The lowest BCUT2D eigenvalue weighted by atomic mass is 10.2. The Kier molecular flexibility index (Phi) is 4.13. The van der Waals surface area contributed by atoms with E-state index in [0.717, 1.165) is 10.6 Å². The summed E-state index contributed by atoms with van der Waals surface area (Å²) >= 11 is 2.97. The minimum atomic E-state index is -0.657. The fourth-order valence-corrected chi connectivity index (χ4v) is 2.60. The van der Waals surface area contributed by atoms with E-state index in [4.69, 9.17) is 0 Å². The lowest BCUT2D eigenvalue weighted by molar-refractivity contribution is 0.175. The number of hydrogen-bond acceptors (Lipinski definition) is 4. The molecule has 0 saturated carbocycles. The molecule has 2 rings (SSSR count). The zero-order valence-electron chi connectivity index (χ0n) is 8.92. The number of aliphatic hydroxyl groups excluding tert-OH is 1. The van der Waals surface area contributed by atoms with Gasteiger partial charge in [-0.25, -0.2) is 4.79 Å². The smallest absolute Gasteiger partial charge is 0.319 e. The van der Waals surface area contributed by atoms with Gasteiger partial charge in [-0.2, -0.15) is 11.3 Å². The van der Waals surface area contributed by atoms with Gasteiger partial charge in [-0.05, 0) is 39.9 Å². The molecule has 0 radical (unpaired) electrons. The van der Waals surface area contributed by atoms with Gasteiger partial charge in [0.1, 0.15) is 0 Å². The molecule has 0 aliphatic rings. The van der Waals surface area contributed by atoms with Gasteiger partial charge in [0.25, 0.3) is 0 Å². The van der Waals surface area contributed by atoms with Crippen molar-refractivity contribution in [2.24, 2.45) is 0 Å². The summed E-state index contributed by atoms with van der Waals surface area (Å²) in [4.78, 5) is 11.5. The third-order valence-electron chi connectivity index (χ3n) is 2.14. The van der Waals surface area contributed by atoms with Gasteiger partial charge >= 0.3 is 6.03 Å². The highest BCUT2D eigenvalue weighted by molar-refractivity contribution is 7.14. The highest BCUT2D eigenvalue weighted by Crippen LogP contribution is 2.16. The predicted octanol–water partition coefficient (Wildman–Crippen LogP) is 2.66. The van der Waals surface area contributed by atoms with E-state index in [-0.39, 0.29) is 12.6 Å². The molecular weight excluding hydrogens is 256 g/mol. The Balaban J connectivity index is 1.76. The third-order valence-corrected chi connectivity index (χ3v) is 3.63. The highest BCUT2D eigenvalue weighted by atomic mass is 32.1. The molecule has 0 aromatic carbocycles. The van der Waals surface area contributed by atoms with Crippen LogP contribution >= 0.6 is 22.7 Å². The van der Waals surface area contributed by atoms with Crippen molar-refractivity contribution in [2.45, 2.75) is 6.10 Å². The van der Waals surface area contributed by atoms with Crippen LogP contribution < -0.4 is 10.6 Å². The third kappa shape index (κ3) is 3.55. The first-order chi connectivity index (χ1) is 8.25. The van der Waals surface area contributed by atoms with Crippen LogP contribution in [0.3, 0.4) is 0 Å². The fraction of sp³-hybridized carbons (Fsp3) is 0.182. The van der Waals surface area contributed by atoms with Crippen LogP contribution in [0, 0.1) is 0 Å². The Morgan fingerprint density at radius 2 is 2.29 bits per heavy atom. The Labute approximate surface area is 107 Å². The van der Waals surface area contributed by atoms with Gasteiger partial charge in [-0.15, -0.1) is 11.3 Å². The maximum absolute atomic E-state index is 11.5. The van der Waals surface area contributed by atoms with Crippen LogP contribution in [0.4, 0.5) is 9.80 Å². The lowest BCUT2D eigenvalue weighted by Crippen LogP contribution is -2.32. The van der Waals surface area contributed by atoms with E-state index in [2.05, 4.69) is 10.6 Å². The van der Waals surface area contributed by atoms with Crippen LogP contribution in [-0.2, 0) is 0 Å². The van der Waals surface area contributed by atoms with E-state index in [0.29, 0.717) is 0 Å². The standard InChI is InChI=1S/C11H12N2O2S2/c14-9(8-3-5-16-7-8)6-12-11(15)13-10-2-1-4-17-10/h1-5,7,9,14H,6H2,(H2,12,13,15)/t9-/m1/s1. The normalized spacial score (nSPS) is 12.1. The van der Waals surface area contributed by atoms with Gasteiger partial charge in [0.2, 0.25) is 0 Å². The van der Waals surface area contributed by atoms with E-state index in [1.54, 1.807) is 0 Å². The monoisotopic (exact) mass is 268 g/mol. The number of nitrogens with one attached hydrogen (secondary N) is 2. The van der Waals surface area contributed by atoms with Crippen molar-refractivity contribution >= 4 is 33.7 Å². The Hall–Kier alpha value is -1.37. The first kappa shape index (κ1) is 12.1. The average molecular weight is 268 g/mol. The Morgan fingerprint density at radius 3 is 2.94 bits per heavy atom. The molecule has 2 amide bonds. The number of urea groups is 1. The molecule has 90 valence electrons. The molecule has 0 spiro atoms. The van der Waals surface area contributed by atoms with Crippen molar-refractivity contribution in [1.29, 1.82) is 0 Å². The second-order valence-corrected chi connectivity index (χ2v) is 5.11. The average Bonchev–Trinajstić information content (AvgIpc) is 2.97. The molecule has 2 aromatic heterocycles. The van der Waals surface area contributed by atoms with Crippen LogP contribution in [0.15, 0.2) is 34.3 Å². The number of anilines is 1. The molecule has 2 heterocycles. The number of rotatable bonds is 4. The first-order valence-electron chi connectivity index (χ1n) is 5.04. The number of thiophene rings is 2. The van der Waals surface area contributed by atoms with Crippen molar-refractivity contribution in [1.82, 2.24) is 5.32 Å². The molecule has 4 nitrogen and oxygen atoms in total. The molecule has 0 bridgehead atoms. The van der Waals surface area contributed by atoms with Crippen molar-refractivity contribution in [3.05, 3.63) is 39.9 Å². The first-order valence-corrected chi connectivity index (χ1v) is 6.86. The maximum atomic E-state index is 11.5. The Bertz CT molecular complexity index is 454. The van der Waals surface area contributed by atoms with Gasteiger partial charge in [-0.1, -0.05) is 0 Å². The predicted molar refractivity (Wildman–Crippen MR) is 70.6 cm³/mol. The van der Waals surface area contributed by atoms with Crippen LogP contribution in [0.1, 0.15) is 11.7 Å². The second-order valence-electron chi connectivity index (χ2n) is 3.38. The summed E-state index contributed by atoms with van der Waals surface area (Å²) in [5, 5.41) is 21.5. The zero-order chi connectivity index (χ0) is 12.1. The highest BCUT2D eigenvalue weighted by Gasteiger charge is 2.09. The molecule has 17 heavy (non-hydrogen) atoms. The van der Waals surface area contributed by atoms with E-state index < -0.39 is 6.10 Å². The van der Waals surface area contributed by atoms with Crippen molar-refractivity contribution < 1.29 is 9.90 Å². The summed E-state index contributed by atoms with van der Waals surface area (Å²) in [6, 6.07) is 5.22. The molecule has 0 saturated heterocycles. The van der Waals surface area contributed by atoms with Gasteiger partial charge in [0, 0.05) is 6.54 Å². The molecule has 3 N–H and O–H groups in total. The number of hydrogen-bond donors (Lipinski definition) is 3. The van der Waals surface area contributed by atoms with Crippen LogP contribution in [0.25, 0.3) is 0 Å². The number of carbonyl (C=O) groups excluding carboxylic acids is 1. The molecule has 0 aliphatic carbocycles. The summed E-state index contributed by atoms with van der Waals surface area (Å²) in [6.45, 7) is 0.202. The summed E-state index contributed by atoms with van der Waals surface area (Å²) in [5.41, 5.74) is 0.825. The topological polar surface area (TPSA) is 61.4 Å². The van der Waals surface area contributed by atoms with E-state index in [1.807, 2.05) is 34.3 Å². The molecule has 0 fully saturated rings. The van der Waals surface area contributed by atoms with Crippen molar-refractivity contribution in [3.63, 3.8) is 0 Å². The molecule has 6 heteroatoms. The molecular formula is C11H12N2O2S2. The summed E-state index contributed by atoms with van der Waals surface area (Å²) < 4.78 is 0. The van der Waals surface area contributed by atoms with Crippen LogP contribution in [0.2, 0.25) is 0 Å². The van der Waals surface area contributed by atoms with E-state index in [1.165, 1.54) is 22.7 Å². The van der Waals surface area contributed by atoms with Gasteiger partial charge in [0.05, 0.1) is 11.1 Å². The van der Waals surface area contributed by atoms with Gasteiger partial charge < -0.3 is 10.4 Å². The van der Waals surface area contributed by atoms with Crippen molar-refractivity contribution in [2.75, 3.05) is 11.9 Å². The minimum Gasteiger partial charge on any atom is -0.387 e. The van der Waals surface area contributed by atoms with Crippen molar-refractivity contribution in [3.8, 4) is 0 Å². The summed E-state index contributed by atoms with van der Waals surface area (Å²) in [6.07, 6.45) is -0.657. The van der Waals surface area contributed by atoms with E-state index in [9.17, 15) is 9.90 Å². The molecule has 0 unspecified atom stereocenters. The van der Waals surface area contributed by atoms with Gasteiger partial charge in [-0.3, -0.25) is 5.32 Å². The van der Waals surface area contributed by atoms with E-state index >= 15 is 0 Å². The summed E-state index contributed by atoms with van der Waals surface area (Å²) in [7, 11) is 0. The Morgan fingerprint density at radius 1 is 1.41 bits per heavy atom. The number of amides is 2. The lowest BCUT2D eigenvalue weighted by Gasteiger charge is -2.10. The zero-order valence-corrected chi connectivity index (χ0v) is 10.6. The van der Waals surface area contributed by atoms with Crippen LogP contribution in [0.5, 0.6) is 0 Å². The van der Waals surface area contributed by atoms with Gasteiger partial charge in [0.15, 0.2) is 0 Å². The number of aliphatic hydroxyl groups is 1. The molecule has 1 atom stereocenters. The fourth-order valence-electron chi connectivity index (χ4n) is 1.28. The maximum Gasteiger partial charge on any atom is 0.319 e. The second kappa shape index (κ2) is 5.81. The summed E-state index contributed by atoms with van der Waals surface area (Å²) in [5.74, 6) is 0. The molecule has 0 aliphatic heterocycles.